The Kier molecular flexibility index (Phi) is 4.64. The Balaban J connectivity index is 1.69. The first-order chi connectivity index (χ1) is 11.4. The number of hydrogen-bond donors (Lipinski definition) is 2. The van der Waals surface area contributed by atoms with Crippen LogP contribution in [0.15, 0.2) is 22.5 Å². The Morgan fingerprint density at radius 2 is 2.12 bits per heavy atom. The second kappa shape index (κ2) is 6.71. The van der Waals surface area contributed by atoms with Crippen molar-refractivity contribution in [3.05, 3.63) is 29.6 Å². The minimum absolute atomic E-state index is 0.0857. The van der Waals surface area contributed by atoms with E-state index in [2.05, 4.69) is 14.7 Å². The van der Waals surface area contributed by atoms with Crippen LogP contribution in [0.25, 0.3) is 0 Å². The Morgan fingerprint density at radius 1 is 1.33 bits per heavy atom. The van der Waals surface area contributed by atoms with Gasteiger partial charge >= 0.3 is 5.97 Å². The van der Waals surface area contributed by atoms with Crippen LogP contribution in [0.1, 0.15) is 11.4 Å². The Labute approximate surface area is 141 Å². The normalized spacial score (nSPS) is 13.2. The molecule has 0 saturated carbocycles. The summed E-state index contributed by atoms with van der Waals surface area (Å²) in [6.45, 7) is -0.0462. The van der Waals surface area contributed by atoms with Gasteiger partial charge in [-0.2, -0.15) is 4.37 Å². The number of sulfone groups is 1. The second-order valence-electron chi connectivity index (χ2n) is 4.92. The van der Waals surface area contributed by atoms with Crippen LogP contribution in [0.4, 0.5) is 0 Å². The predicted octanol–water partition coefficient (Wildman–Crippen LogP) is 0.415. The number of aromatic nitrogens is 2. The molecule has 3 rings (SSSR count). The molecule has 24 heavy (non-hydrogen) atoms. The summed E-state index contributed by atoms with van der Waals surface area (Å²) in [5.74, 6) is 0.0876. The summed E-state index contributed by atoms with van der Waals surface area (Å²) >= 11 is 0.768. The number of ether oxygens (including phenoxy) is 2. The van der Waals surface area contributed by atoms with E-state index in [1.54, 1.807) is 18.2 Å². The third-order valence-corrected chi connectivity index (χ3v) is 5.94. The number of carboxylic acids is 1. The minimum atomic E-state index is -3.65. The third kappa shape index (κ3) is 3.80. The molecule has 0 fully saturated rings. The maximum Gasteiger partial charge on any atom is 0.317 e. The zero-order valence-electron chi connectivity index (χ0n) is 12.3. The molecular formula is C13H13N3O6S2. The number of nitrogens with one attached hydrogen (secondary N) is 1. The summed E-state index contributed by atoms with van der Waals surface area (Å²) in [4.78, 5) is 14.4. The van der Waals surface area contributed by atoms with Crippen molar-refractivity contribution in [2.45, 2.75) is 16.6 Å². The van der Waals surface area contributed by atoms with Gasteiger partial charge in [-0.05, 0) is 29.2 Å². The third-order valence-electron chi connectivity index (χ3n) is 3.07. The number of rotatable bonds is 7. The monoisotopic (exact) mass is 371 g/mol. The Hall–Kier alpha value is -2.24. The molecule has 2 aromatic rings. The fraction of sp³-hybridized carbons (Fsp3) is 0.308. The lowest BCUT2D eigenvalue weighted by molar-refractivity contribution is -0.136. The molecule has 2 heterocycles. The average molecular weight is 371 g/mol. The fourth-order valence-electron chi connectivity index (χ4n) is 2.03. The van der Waals surface area contributed by atoms with Crippen LogP contribution in [-0.4, -0.2) is 42.2 Å². The lowest BCUT2D eigenvalue weighted by Gasteiger charge is -2.02. The van der Waals surface area contributed by atoms with Gasteiger partial charge in [-0.25, -0.2) is 13.4 Å². The predicted molar refractivity (Wildman–Crippen MR) is 82.7 cm³/mol. The van der Waals surface area contributed by atoms with Gasteiger partial charge in [0, 0.05) is 0 Å². The highest BCUT2D eigenvalue weighted by atomic mass is 32.2. The minimum Gasteiger partial charge on any atom is -0.480 e. The molecule has 0 amide bonds. The summed E-state index contributed by atoms with van der Waals surface area (Å²) in [5, 5.41) is 11.1. The van der Waals surface area contributed by atoms with Gasteiger partial charge < -0.3 is 14.6 Å². The van der Waals surface area contributed by atoms with E-state index < -0.39 is 15.8 Å². The van der Waals surface area contributed by atoms with E-state index in [1.165, 1.54) is 0 Å². The highest BCUT2D eigenvalue weighted by Gasteiger charge is 2.22. The smallest absolute Gasteiger partial charge is 0.317 e. The summed E-state index contributed by atoms with van der Waals surface area (Å²) in [7, 11) is -3.65. The van der Waals surface area contributed by atoms with E-state index in [1.807, 2.05) is 0 Å². The molecule has 11 heteroatoms. The first-order valence-corrected chi connectivity index (χ1v) is 9.23. The van der Waals surface area contributed by atoms with Gasteiger partial charge in [-0.3, -0.25) is 10.1 Å². The van der Waals surface area contributed by atoms with Gasteiger partial charge in [0.2, 0.25) is 21.0 Å². The molecule has 2 N–H and O–H groups in total. The molecule has 1 aromatic heterocycles. The highest BCUT2D eigenvalue weighted by molar-refractivity contribution is 7.92. The zero-order valence-corrected chi connectivity index (χ0v) is 13.9. The molecule has 0 radical (unpaired) electrons. The van der Waals surface area contributed by atoms with Crippen LogP contribution in [0.3, 0.4) is 0 Å². The van der Waals surface area contributed by atoms with Crippen LogP contribution in [-0.2, 0) is 26.9 Å². The molecule has 0 unspecified atom stereocenters. The largest absolute Gasteiger partial charge is 0.480 e. The summed E-state index contributed by atoms with van der Waals surface area (Å²) < 4.78 is 39.1. The first-order valence-electron chi connectivity index (χ1n) is 6.80. The number of nitrogens with zero attached hydrogens (tertiary/aromatic N) is 2. The Bertz CT molecular complexity index is 864. The van der Waals surface area contributed by atoms with Gasteiger partial charge in [0.15, 0.2) is 17.3 Å². The van der Waals surface area contributed by atoms with Crippen molar-refractivity contribution in [2.24, 2.45) is 0 Å². The topological polar surface area (TPSA) is 128 Å². The summed E-state index contributed by atoms with van der Waals surface area (Å²) in [6.07, 6.45) is 0. The van der Waals surface area contributed by atoms with Crippen molar-refractivity contribution >= 4 is 27.3 Å². The lowest BCUT2D eigenvalue weighted by atomic mass is 10.2. The average Bonchev–Trinajstić information content (AvgIpc) is 3.15. The highest BCUT2D eigenvalue weighted by Crippen LogP contribution is 2.33. The maximum absolute atomic E-state index is 12.4. The molecule has 1 aliphatic heterocycles. The van der Waals surface area contributed by atoms with E-state index >= 15 is 0 Å². The SMILES string of the molecule is O=C(O)CNCc1nsc(S(=O)(=O)Cc2ccc3c(c2)OCO3)n1. The van der Waals surface area contributed by atoms with Crippen molar-refractivity contribution in [3.63, 3.8) is 0 Å². The molecule has 1 aromatic carbocycles. The van der Waals surface area contributed by atoms with E-state index in [0.29, 0.717) is 17.1 Å². The molecule has 0 aliphatic carbocycles. The first kappa shape index (κ1) is 16.6. The van der Waals surface area contributed by atoms with Crippen LogP contribution >= 0.6 is 11.5 Å². The van der Waals surface area contributed by atoms with E-state index in [0.717, 1.165) is 11.5 Å². The lowest BCUT2D eigenvalue weighted by Crippen LogP contribution is -2.22. The second-order valence-corrected chi connectivity index (χ2v) is 7.84. The van der Waals surface area contributed by atoms with Crippen LogP contribution in [0.5, 0.6) is 11.5 Å². The fourth-order valence-corrected chi connectivity index (χ4v) is 4.19. The van der Waals surface area contributed by atoms with Gasteiger partial charge in [0.05, 0.1) is 18.8 Å². The number of fused-ring (bicyclic) bond motifs is 1. The van der Waals surface area contributed by atoms with Crippen LogP contribution < -0.4 is 14.8 Å². The van der Waals surface area contributed by atoms with E-state index in [-0.39, 0.29) is 35.8 Å². The molecule has 128 valence electrons. The van der Waals surface area contributed by atoms with E-state index in [4.69, 9.17) is 14.6 Å². The number of benzene rings is 1. The number of carbonyl (C=O) groups is 1. The van der Waals surface area contributed by atoms with Crippen LogP contribution in [0.2, 0.25) is 0 Å². The maximum atomic E-state index is 12.4. The van der Waals surface area contributed by atoms with Gasteiger partial charge in [-0.1, -0.05) is 6.07 Å². The molecule has 0 atom stereocenters. The van der Waals surface area contributed by atoms with Gasteiger partial charge in [0.1, 0.15) is 0 Å². The zero-order chi connectivity index (χ0) is 17.2. The molecule has 0 bridgehead atoms. The van der Waals surface area contributed by atoms with Crippen molar-refractivity contribution < 1.29 is 27.8 Å². The molecular weight excluding hydrogens is 358 g/mol. The number of hydrogen-bond acceptors (Lipinski definition) is 9. The summed E-state index contributed by atoms with van der Waals surface area (Å²) in [5.41, 5.74) is 0.556. The van der Waals surface area contributed by atoms with Crippen LogP contribution in [0, 0.1) is 0 Å². The van der Waals surface area contributed by atoms with Gasteiger partial charge in [-0.15, -0.1) is 0 Å². The molecule has 1 aliphatic rings. The molecule has 0 saturated heterocycles. The number of carboxylic acid groups (broad SMARTS) is 1. The van der Waals surface area contributed by atoms with Crippen molar-refractivity contribution in [1.29, 1.82) is 0 Å². The summed E-state index contributed by atoms with van der Waals surface area (Å²) in [6, 6.07) is 4.94. The van der Waals surface area contributed by atoms with Crippen molar-refractivity contribution in [1.82, 2.24) is 14.7 Å². The molecule has 0 spiro atoms. The van der Waals surface area contributed by atoms with E-state index in [9.17, 15) is 13.2 Å². The standard InChI is InChI=1S/C13H13N3O6S2/c17-12(18)5-14-4-11-15-13(23-16-11)24(19,20)6-8-1-2-9-10(3-8)22-7-21-9/h1-3,14H,4-7H2,(H,17,18). The Morgan fingerprint density at radius 3 is 2.92 bits per heavy atom. The van der Waals surface area contributed by atoms with Crippen molar-refractivity contribution in [3.8, 4) is 11.5 Å². The number of aliphatic carboxylic acids is 1. The van der Waals surface area contributed by atoms with Gasteiger partial charge in [0.25, 0.3) is 0 Å². The van der Waals surface area contributed by atoms with Crippen molar-refractivity contribution in [2.75, 3.05) is 13.3 Å². The quantitative estimate of drug-likeness (QED) is 0.711. The molecule has 9 nitrogen and oxygen atoms in total.